The molecule has 0 aliphatic rings. The van der Waals surface area contributed by atoms with Crippen LogP contribution in [-0.4, -0.2) is 35.1 Å². The molecule has 0 aliphatic carbocycles. The van der Waals surface area contributed by atoms with E-state index in [1.165, 1.54) is 0 Å². The highest BCUT2D eigenvalue weighted by molar-refractivity contribution is 5.94. The topological polar surface area (TPSA) is 37.3 Å². The van der Waals surface area contributed by atoms with Crippen molar-refractivity contribution in [1.29, 1.82) is 0 Å². The quantitative estimate of drug-likeness (QED) is 0.493. The lowest BCUT2D eigenvalue weighted by atomic mass is 10.1. The Morgan fingerprint density at radius 1 is 0.842 bits per heavy atom. The minimum Gasteiger partial charge on any atom is -0.506 e. The highest BCUT2D eigenvalue weighted by atomic mass is 19.4. The third-order valence-corrected chi connectivity index (χ3v) is 1.62. The first kappa shape index (κ1) is 17.5. The van der Waals surface area contributed by atoms with Crippen LogP contribution >= 0.6 is 0 Å². The van der Waals surface area contributed by atoms with Gasteiger partial charge in [0, 0.05) is 6.08 Å². The van der Waals surface area contributed by atoms with E-state index in [0.29, 0.717) is 0 Å². The average Bonchev–Trinajstić information content (AvgIpc) is 2.13. The number of carbonyl (C=O) groups excluding carboxylic acids is 1. The Morgan fingerprint density at radius 2 is 1.21 bits per heavy atom. The largest absolute Gasteiger partial charge is 0.506 e. The van der Waals surface area contributed by atoms with Crippen LogP contribution in [0, 0.1) is 0 Å². The maximum atomic E-state index is 12.5. The molecule has 0 aliphatic heterocycles. The lowest BCUT2D eigenvalue weighted by Crippen LogP contribution is -2.53. The van der Waals surface area contributed by atoms with Crippen molar-refractivity contribution < 1.29 is 53.8 Å². The van der Waals surface area contributed by atoms with Crippen LogP contribution in [0.25, 0.3) is 0 Å². The van der Waals surface area contributed by atoms with Gasteiger partial charge in [-0.25, -0.2) is 0 Å². The van der Waals surface area contributed by atoms with Gasteiger partial charge in [0.2, 0.25) is 0 Å². The van der Waals surface area contributed by atoms with E-state index < -0.39 is 41.8 Å². The number of halogens is 10. The molecule has 0 aromatic heterocycles. The summed E-state index contributed by atoms with van der Waals surface area (Å²) >= 11 is 0. The van der Waals surface area contributed by atoms with E-state index in [-0.39, 0.29) is 0 Å². The zero-order valence-electron chi connectivity index (χ0n) is 8.21. The lowest BCUT2D eigenvalue weighted by Gasteiger charge is -2.27. The summed E-state index contributed by atoms with van der Waals surface area (Å²) in [6.45, 7) is 0. The molecule has 0 aromatic carbocycles. The molecule has 0 unspecified atom stereocenters. The predicted molar refractivity (Wildman–Crippen MR) is 37.7 cm³/mol. The zero-order chi connectivity index (χ0) is 15.9. The van der Waals surface area contributed by atoms with E-state index in [4.69, 9.17) is 5.11 Å². The molecular formula is C7H2F10O2. The molecule has 12 heteroatoms. The number of rotatable bonds is 3. The molecule has 19 heavy (non-hydrogen) atoms. The van der Waals surface area contributed by atoms with E-state index >= 15 is 0 Å². The van der Waals surface area contributed by atoms with Crippen molar-refractivity contribution >= 4 is 5.78 Å². The van der Waals surface area contributed by atoms with E-state index in [0.717, 1.165) is 0 Å². The Hall–Kier alpha value is -1.49. The molecule has 0 spiro atoms. The van der Waals surface area contributed by atoms with Gasteiger partial charge >= 0.3 is 24.2 Å². The zero-order valence-corrected chi connectivity index (χ0v) is 8.21. The van der Waals surface area contributed by atoms with Gasteiger partial charge in [-0.2, -0.15) is 43.9 Å². The second kappa shape index (κ2) is 4.56. The van der Waals surface area contributed by atoms with Gasteiger partial charge in [0.25, 0.3) is 5.78 Å². The number of aliphatic hydroxyl groups excluding tert-OH is 1. The number of ketones is 1. The van der Waals surface area contributed by atoms with Crippen molar-refractivity contribution in [2.24, 2.45) is 0 Å². The number of allylic oxidation sites excluding steroid dienone is 2. The van der Waals surface area contributed by atoms with Crippen LogP contribution < -0.4 is 0 Å². The number of aliphatic hydroxyl groups is 1. The number of alkyl halides is 10. The van der Waals surface area contributed by atoms with Crippen LogP contribution in [0.2, 0.25) is 0 Å². The van der Waals surface area contributed by atoms with Crippen LogP contribution in [-0.2, 0) is 4.79 Å². The fourth-order valence-electron chi connectivity index (χ4n) is 0.636. The summed E-state index contributed by atoms with van der Waals surface area (Å²) in [7, 11) is 0. The Bertz CT molecular complexity index is 388. The molecule has 0 saturated carbocycles. The van der Waals surface area contributed by atoms with Crippen LogP contribution in [0.3, 0.4) is 0 Å². The van der Waals surface area contributed by atoms with Crippen molar-refractivity contribution in [3.63, 3.8) is 0 Å². The first-order valence-corrected chi connectivity index (χ1v) is 3.89. The normalized spacial score (nSPS) is 15.6. The standard InChI is InChI=1S/C7H2F10O2/c8-4(9,6(13,14)7(15,16)17)2(18)1-3(19)5(10,11)12/h1,18H/b2-1-. The molecule has 112 valence electrons. The smallest absolute Gasteiger partial charge is 0.460 e. The molecule has 0 fully saturated rings. The molecule has 0 radical (unpaired) electrons. The monoisotopic (exact) mass is 308 g/mol. The number of carbonyl (C=O) groups is 1. The minimum atomic E-state index is -6.85. The van der Waals surface area contributed by atoms with Gasteiger partial charge in [0.1, 0.15) is 0 Å². The minimum absolute atomic E-state index is 1.44. The third kappa shape index (κ3) is 3.29. The predicted octanol–water partition coefficient (Wildman–Crippen LogP) is 3.39. The maximum Gasteiger partial charge on any atom is 0.460 e. The second-order valence-corrected chi connectivity index (χ2v) is 3.04. The molecule has 0 amide bonds. The van der Waals surface area contributed by atoms with Gasteiger partial charge in [-0.05, 0) is 0 Å². The summed E-state index contributed by atoms with van der Waals surface area (Å²) in [5.41, 5.74) is 0. The SMILES string of the molecule is O=C(/C=C(\O)C(F)(F)C(F)(F)C(F)(F)F)C(F)(F)F. The summed E-state index contributed by atoms with van der Waals surface area (Å²) in [5, 5.41) is 8.22. The molecule has 0 saturated heterocycles. The first-order valence-electron chi connectivity index (χ1n) is 3.89. The second-order valence-electron chi connectivity index (χ2n) is 3.04. The fraction of sp³-hybridized carbons (Fsp3) is 0.571. The average molecular weight is 308 g/mol. The van der Waals surface area contributed by atoms with Crippen LogP contribution in [0.5, 0.6) is 0 Å². The molecule has 1 N–H and O–H groups in total. The summed E-state index contributed by atoms with van der Waals surface area (Å²) < 4.78 is 119. The van der Waals surface area contributed by atoms with Gasteiger partial charge in [-0.1, -0.05) is 0 Å². The van der Waals surface area contributed by atoms with Crippen molar-refractivity contribution in [3.05, 3.63) is 11.8 Å². The first-order chi connectivity index (χ1) is 8.05. The van der Waals surface area contributed by atoms with Crippen molar-refractivity contribution in [2.75, 3.05) is 0 Å². The van der Waals surface area contributed by atoms with E-state index in [2.05, 4.69) is 0 Å². The van der Waals surface area contributed by atoms with Gasteiger partial charge < -0.3 is 5.11 Å². The molecule has 0 bridgehead atoms. The summed E-state index contributed by atoms with van der Waals surface area (Å²) in [6, 6.07) is 0. The van der Waals surface area contributed by atoms with Crippen molar-refractivity contribution in [2.45, 2.75) is 24.2 Å². The van der Waals surface area contributed by atoms with Crippen LogP contribution in [0.1, 0.15) is 0 Å². The molecule has 0 atom stereocenters. The van der Waals surface area contributed by atoms with Gasteiger partial charge in [0.05, 0.1) is 0 Å². The Morgan fingerprint density at radius 3 is 1.47 bits per heavy atom. The van der Waals surface area contributed by atoms with E-state index in [1.54, 1.807) is 0 Å². The summed E-state index contributed by atoms with van der Waals surface area (Å²) in [4.78, 5) is 10.1. The molecular weight excluding hydrogens is 306 g/mol. The van der Waals surface area contributed by atoms with Crippen molar-refractivity contribution in [3.8, 4) is 0 Å². The summed E-state index contributed by atoms with van der Waals surface area (Å²) in [6.07, 6.45) is -14.1. The van der Waals surface area contributed by atoms with Crippen molar-refractivity contribution in [1.82, 2.24) is 0 Å². The Kier molecular flexibility index (Phi) is 4.20. The molecule has 0 heterocycles. The number of hydrogen-bond donors (Lipinski definition) is 1. The Balaban J connectivity index is 5.57. The molecule has 0 aromatic rings. The van der Waals surface area contributed by atoms with Gasteiger partial charge in [-0.15, -0.1) is 0 Å². The highest BCUT2D eigenvalue weighted by Crippen LogP contribution is 2.49. The highest BCUT2D eigenvalue weighted by Gasteiger charge is 2.75. The van der Waals surface area contributed by atoms with E-state index in [9.17, 15) is 48.7 Å². The van der Waals surface area contributed by atoms with Crippen LogP contribution in [0.15, 0.2) is 11.8 Å². The van der Waals surface area contributed by atoms with Gasteiger partial charge in [-0.3, -0.25) is 4.79 Å². The maximum absolute atomic E-state index is 12.5. The Labute approximate surface area is 96.9 Å². The lowest BCUT2D eigenvalue weighted by molar-refractivity contribution is -0.349. The summed E-state index contributed by atoms with van der Waals surface area (Å²) in [5.74, 6) is -19.8. The van der Waals surface area contributed by atoms with E-state index in [1.807, 2.05) is 0 Å². The fourth-order valence-corrected chi connectivity index (χ4v) is 0.636. The third-order valence-electron chi connectivity index (χ3n) is 1.62. The molecule has 2 nitrogen and oxygen atoms in total. The van der Waals surface area contributed by atoms with Gasteiger partial charge in [0.15, 0.2) is 5.76 Å². The van der Waals surface area contributed by atoms with Crippen LogP contribution in [0.4, 0.5) is 43.9 Å². The molecule has 0 rings (SSSR count). The number of hydrogen-bond acceptors (Lipinski definition) is 2.